The first kappa shape index (κ1) is 13.7. The molecule has 0 rings (SSSR count). The fourth-order valence-corrected chi connectivity index (χ4v) is 1.19. The molecule has 0 aliphatic carbocycles. The second kappa shape index (κ2) is 6.24. The van der Waals surface area contributed by atoms with Gasteiger partial charge in [0.05, 0.1) is 12.5 Å². The number of rotatable bonds is 6. The quantitative estimate of drug-likeness (QED) is 0.708. The summed E-state index contributed by atoms with van der Waals surface area (Å²) < 4.78 is 35.6. The van der Waals surface area contributed by atoms with Gasteiger partial charge in [0.15, 0.2) is 0 Å². The molecule has 2 unspecified atom stereocenters. The molecule has 0 spiro atoms. The predicted octanol–water partition coefficient (Wildman–Crippen LogP) is 2.08. The van der Waals surface area contributed by atoms with E-state index in [0.29, 0.717) is 6.42 Å². The highest BCUT2D eigenvalue weighted by Gasteiger charge is 2.29. The number of hydrogen-bond donors (Lipinski definition) is 2. The summed E-state index contributed by atoms with van der Waals surface area (Å²) in [7, 11) is 0. The molecular formula is C9H18F3NO. The molecule has 0 aliphatic heterocycles. The fraction of sp³-hybridized carbons (Fsp3) is 1.00. The van der Waals surface area contributed by atoms with Crippen molar-refractivity contribution in [3.05, 3.63) is 0 Å². The monoisotopic (exact) mass is 213 g/mol. The zero-order valence-electron chi connectivity index (χ0n) is 8.56. The number of alkyl halides is 3. The zero-order chi connectivity index (χ0) is 11.2. The highest BCUT2D eigenvalue weighted by Crippen LogP contribution is 2.21. The second-order valence-electron chi connectivity index (χ2n) is 3.57. The lowest BCUT2D eigenvalue weighted by Crippen LogP contribution is -2.36. The molecule has 2 atom stereocenters. The summed E-state index contributed by atoms with van der Waals surface area (Å²) in [5.74, 6) is 0. The van der Waals surface area contributed by atoms with E-state index in [-0.39, 0.29) is 6.54 Å². The number of halogens is 3. The summed E-state index contributed by atoms with van der Waals surface area (Å²) in [4.78, 5) is 0. The van der Waals surface area contributed by atoms with E-state index in [9.17, 15) is 18.3 Å². The molecule has 0 aliphatic rings. The van der Waals surface area contributed by atoms with Crippen molar-refractivity contribution in [3.63, 3.8) is 0 Å². The lowest BCUT2D eigenvalue weighted by atomic mass is 10.2. The van der Waals surface area contributed by atoms with Gasteiger partial charge in [0.1, 0.15) is 0 Å². The predicted molar refractivity (Wildman–Crippen MR) is 49.1 cm³/mol. The van der Waals surface area contributed by atoms with Gasteiger partial charge in [0, 0.05) is 12.6 Å². The van der Waals surface area contributed by atoms with E-state index in [1.165, 1.54) is 6.92 Å². The maximum Gasteiger partial charge on any atom is 0.390 e. The molecular weight excluding hydrogens is 195 g/mol. The highest BCUT2D eigenvalue weighted by molar-refractivity contribution is 4.68. The smallest absolute Gasteiger partial charge is 0.390 e. The van der Waals surface area contributed by atoms with E-state index in [0.717, 1.165) is 6.42 Å². The Morgan fingerprint density at radius 2 is 1.93 bits per heavy atom. The second-order valence-corrected chi connectivity index (χ2v) is 3.57. The molecule has 0 heterocycles. The van der Waals surface area contributed by atoms with Gasteiger partial charge in [-0.05, 0) is 13.3 Å². The first-order valence-corrected chi connectivity index (χ1v) is 4.83. The summed E-state index contributed by atoms with van der Waals surface area (Å²) in [6.07, 6.45) is -4.09. The van der Waals surface area contributed by atoms with Crippen molar-refractivity contribution in [2.45, 2.75) is 51.4 Å². The summed E-state index contributed by atoms with van der Waals surface area (Å²) in [5.41, 5.74) is 0. The van der Waals surface area contributed by atoms with E-state index in [1.54, 1.807) is 0 Å². The lowest BCUT2D eigenvalue weighted by molar-refractivity contribution is -0.139. The summed E-state index contributed by atoms with van der Waals surface area (Å²) in [6, 6.07) is -0.637. The number of aliphatic hydroxyl groups excluding tert-OH is 1. The Balaban J connectivity index is 3.58. The zero-order valence-corrected chi connectivity index (χ0v) is 8.56. The largest absolute Gasteiger partial charge is 0.392 e. The summed E-state index contributed by atoms with van der Waals surface area (Å²) >= 11 is 0. The minimum absolute atomic E-state index is 0.227. The van der Waals surface area contributed by atoms with Crippen LogP contribution >= 0.6 is 0 Å². The molecule has 0 saturated heterocycles. The Morgan fingerprint density at radius 1 is 1.36 bits per heavy atom. The standard InChI is InChI=1S/C9H18F3NO/c1-3-4-8(14)6-13-7(2)5-9(10,11)12/h7-8,13-14H,3-6H2,1-2H3. The minimum Gasteiger partial charge on any atom is -0.392 e. The molecule has 0 aromatic carbocycles. The van der Waals surface area contributed by atoms with Gasteiger partial charge in [0.25, 0.3) is 0 Å². The number of nitrogens with one attached hydrogen (secondary N) is 1. The molecule has 0 fully saturated rings. The Morgan fingerprint density at radius 3 is 2.36 bits per heavy atom. The van der Waals surface area contributed by atoms with E-state index in [2.05, 4.69) is 5.32 Å². The van der Waals surface area contributed by atoms with Gasteiger partial charge in [-0.15, -0.1) is 0 Å². The summed E-state index contributed by atoms with van der Waals surface area (Å²) in [5, 5.41) is 11.9. The van der Waals surface area contributed by atoms with Crippen LogP contribution in [0.15, 0.2) is 0 Å². The molecule has 0 saturated carbocycles. The molecule has 0 amide bonds. The topological polar surface area (TPSA) is 32.3 Å². The van der Waals surface area contributed by atoms with Gasteiger partial charge < -0.3 is 10.4 Å². The van der Waals surface area contributed by atoms with Gasteiger partial charge in [0.2, 0.25) is 0 Å². The van der Waals surface area contributed by atoms with Gasteiger partial charge in [-0.1, -0.05) is 13.3 Å². The third-order valence-corrected chi connectivity index (χ3v) is 1.86. The maximum atomic E-state index is 11.9. The van der Waals surface area contributed by atoms with E-state index >= 15 is 0 Å². The number of hydrogen-bond acceptors (Lipinski definition) is 2. The van der Waals surface area contributed by atoms with Crippen LogP contribution in [-0.4, -0.2) is 30.0 Å². The van der Waals surface area contributed by atoms with Crippen LogP contribution in [-0.2, 0) is 0 Å². The Labute approximate surface area is 82.5 Å². The van der Waals surface area contributed by atoms with Crippen molar-refractivity contribution in [1.82, 2.24) is 5.32 Å². The molecule has 0 bridgehead atoms. The molecule has 0 aromatic rings. The first-order valence-electron chi connectivity index (χ1n) is 4.83. The SMILES string of the molecule is CCCC(O)CNC(C)CC(F)(F)F. The Kier molecular flexibility index (Phi) is 6.11. The van der Waals surface area contributed by atoms with Crippen LogP contribution in [0.25, 0.3) is 0 Å². The van der Waals surface area contributed by atoms with E-state index < -0.39 is 24.7 Å². The average molecular weight is 213 g/mol. The van der Waals surface area contributed by atoms with Crippen LogP contribution in [0.4, 0.5) is 13.2 Å². The molecule has 5 heteroatoms. The van der Waals surface area contributed by atoms with Crippen molar-refractivity contribution in [1.29, 1.82) is 0 Å². The van der Waals surface area contributed by atoms with Gasteiger partial charge in [-0.25, -0.2) is 0 Å². The van der Waals surface area contributed by atoms with Crippen molar-refractivity contribution >= 4 is 0 Å². The van der Waals surface area contributed by atoms with E-state index in [4.69, 9.17) is 0 Å². The molecule has 2 N–H and O–H groups in total. The van der Waals surface area contributed by atoms with Crippen LogP contribution < -0.4 is 5.32 Å². The Hall–Kier alpha value is -0.290. The van der Waals surface area contributed by atoms with Gasteiger partial charge in [-0.2, -0.15) is 13.2 Å². The van der Waals surface area contributed by atoms with Crippen LogP contribution in [0.1, 0.15) is 33.1 Å². The normalized spacial score (nSPS) is 16.7. The molecule has 14 heavy (non-hydrogen) atoms. The number of aliphatic hydroxyl groups is 1. The van der Waals surface area contributed by atoms with Crippen LogP contribution in [0.2, 0.25) is 0 Å². The third-order valence-electron chi connectivity index (χ3n) is 1.86. The molecule has 86 valence electrons. The fourth-order valence-electron chi connectivity index (χ4n) is 1.19. The van der Waals surface area contributed by atoms with Crippen LogP contribution in [0, 0.1) is 0 Å². The third kappa shape index (κ3) is 8.31. The summed E-state index contributed by atoms with van der Waals surface area (Å²) in [6.45, 7) is 3.61. The van der Waals surface area contributed by atoms with E-state index in [1.807, 2.05) is 6.92 Å². The molecule has 2 nitrogen and oxygen atoms in total. The van der Waals surface area contributed by atoms with Crippen LogP contribution in [0.3, 0.4) is 0 Å². The van der Waals surface area contributed by atoms with Crippen molar-refractivity contribution in [2.75, 3.05) is 6.54 Å². The lowest BCUT2D eigenvalue weighted by Gasteiger charge is -2.18. The van der Waals surface area contributed by atoms with Gasteiger partial charge in [-0.3, -0.25) is 0 Å². The first-order chi connectivity index (χ1) is 6.35. The van der Waals surface area contributed by atoms with Crippen molar-refractivity contribution in [2.24, 2.45) is 0 Å². The van der Waals surface area contributed by atoms with Gasteiger partial charge >= 0.3 is 6.18 Å². The minimum atomic E-state index is -4.14. The maximum absolute atomic E-state index is 11.9. The molecule has 0 aromatic heterocycles. The van der Waals surface area contributed by atoms with Crippen LogP contribution in [0.5, 0.6) is 0 Å². The van der Waals surface area contributed by atoms with Crippen molar-refractivity contribution in [3.8, 4) is 0 Å². The molecule has 0 radical (unpaired) electrons. The average Bonchev–Trinajstić information content (AvgIpc) is 1.98. The highest BCUT2D eigenvalue weighted by atomic mass is 19.4. The van der Waals surface area contributed by atoms with Crippen molar-refractivity contribution < 1.29 is 18.3 Å². The Bertz CT molecular complexity index is 149.